The number of hydrogen-bond acceptors (Lipinski definition) is 4. The number of para-hydroxylation sites is 2. The molecule has 4 heteroatoms. The second kappa shape index (κ2) is 10.9. The summed E-state index contributed by atoms with van der Waals surface area (Å²) in [6.07, 6.45) is 0. The van der Waals surface area contributed by atoms with Gasteiger partial charge in [0, 0.05) is 44.2 Å². The van der Waals surface area contributed by atoms with Gasteiger partial charge in [-0.15, -0.1) is 11.3 Å². The van der Waals surface area contributed by atoms with Crippen LogP contribution in [0.25, 0.3) is 75.4 Å². The Kier molecular flexibility index (Phi) is 6.17. The molecule has 2 heterocycles. The molecule has 2 aromatic heterocycles. The van der Waals surface area contributed by atoms with E-state index in [1.165, 1.54) is 48.5 Å². The minimum atomic E-state index is -0.156. The third kappa shape index (κ3) is 4.28. The highest BCUT2D eigenvalue weighted by Crippen LogP contribution is 2.53. The molecule has 0 N–H and O–H groups in total. The van der Waals surface area contributed by atoms with Gasteiger partial charge in [0.25, 0.3) is 0 Å². The zero-order chi connectivity index (χ0) is 34.6. The fourth-order valence-electron chi connectivity index (χ4n) is 8.57. The molecule has 1 aliphatic rings. The van der Waals surface area contributed by atoms with Crippen LogP contribution in [0.1, 0.15) is 25.0 Å². The highest BCUT2D eigenvalue weighted by atomic mass is 32.1. The van der Waals surface area contributed by atoms with Crippen LogP contribution in [-0.4, -0.2) is 4.98 Å². The second-order valence-corrected chi connectivity index (χ2v) is 15.4. The van der Waals surface area contributed by atoms with Gasteiger partial charge in [-0.2, -0.15) is 0 Å². The maximum absolute atomic E-state index is 6.19. The van der Waals surface area contributed by atoms with Crippen LogP contribution < -0.4 is 4.90 Å². The number of benzene rings is 8. The largest absolute Gasteiger partial charge is 0.456 e. The zero-order valence-corrected chi connectivity index (χ0v) is 29.5. The molecule has 0 saturated heterocycles. The maximum Gasteiger partial charge on any atom is 0.135 e. The molecular weight excluding hydrogens is 653 g/mol. The predicted molar refractivity (Wildman–Crippen MR) is 220 cm³/mol. The van der Waals surface area contributed by atoms with Crippen LogP contribution in [-0.2, 0) is 5.41 Å². The summed E-state index contributed by atoms with van der Waals surface area (Å²) in [6, 6.07) is 56.9. The van der Waals surface area contributed by atoms with Gasteiger partial charge in [-0.05, 0) is 105 Å². The van der Waals surface area contributed by atoms with Crippen molar-refractivity contribution in [3.63, 3.8) is 0 Å². The highest BCUT2D eigenvalue weighted by Gasteiger charge is 2.37. The van der Waals surface area contributed by atoms with Crippen LogP contribution >= 0.6 is 11.3 Å². The third-order valence-corrected chi connectivity index (χ3v) is 12.2. The van der Waals surface area contributed by atoms with Crippen LogP contribution in [0.5, 0.6) is 0 Å². The van der Waals surface area contributed by atoms with Crippen molar-refractivity contribution < 1.29 is 4.42 Å². The molecule has 0 unspecified atom stereocenters. The number of rotatable bonds is 4. The Balaban J connectivity index is 1.07. The quantitative estimate of drug-likeness (QED) is 0.185. The first-order chi connectivity index (χ1) is 25.5. The van der Waals surface area contributed by atoms with Gasteiger partial charge in [-0.3, -0.25) is 0 Å². The van der Waals surface area contributed by atoms with Gasteiger partial charge in [0.1, 0.15) is 16.2 Å². The molecule has 0 radical (unpaired) electrons. The van der Waals surface area contributed by atoms with E-state index in [0.29, 0.717) is 0 Å². The van der Waals surface area contributed by atoms with E-state index >= 15 is 0 Å². The molecule has 0 aliphatic heterocycles. The van der Waals surface area contributed by atoms with Crippen LogP contribution in [0.15, 0.2) is 162 Å². The molecule has 0 bridgehead atoms. The smallest absolute Gasteiger partial charge is 0.135 e. The number of thiazole rings is 1. The number of furan rings is 1. The highest BCUT2D eigenvalue weighted by molar-refractivity contribution is 7.22. The topological polar surface area (TPSA) is 29.3 Å². The number of anilines is 3. The second-order valence-electron chi connectivity index (χ2n) is 14.4. The van der Waals surface area contributed by atoms with Crippen molar-refractivity contribution in [3.8, 4) is 21.7 Å². The van der Waals surface area contributed by atoms with Crippen molar-refractivity contribution in [1.29, 1.82) is 0 Å². The average Bonchev–Trinajstić information content (AvgIpc) is 3.85. The Hall–Kier alpha value is -6.23. The van der Waals surface area contributed by atoms with Crippen molar-refractivity contribution in [3.05, 3.63) is 169 Å². The van der Waals surface area contributed by atoms with Crippen LogP contribution in [0, 0.1) is 0 Å². The zero-order valence-electron chi connectivity index (χ0n) is 28.7. The first-order valence-corrected chi connectivity index (χ1v) is 18.6. The Bertz CT molecular complexity index is 3050. The van der Waals surface area contributed by atoms with Gasteiger partial charge in [0.15, 0.2) is 0 Å². The molecule has 10 aromatic rings. The number of fused-ring (bicyclic) bond motifs is 11. The molecule has 52 heavy (non-hydrogen) atoms. The Morgan fingerprint density at radius 2 is 1.27 bits per heavy atom. The van der Waals surface area contributed by atoms with Gasteiger partial charge in [-0.25, -0.2) is 4.98 Å². The van der Waals surface area contributed by atoms with Gasteiger partial charge in [0.2, 0.25) is 0 Å². The lowest BCUT2D eigenvalue weighted by molar-refractivity contribution is 0.667. The third-order valence-electron chi connectivity index (χ3n) is 11.0. The van der Waals surface area contributed by atoms with Crippen LogP contribution in [0.4, 0.5) is 17.1 Å². The van der Waals surface area contributed by atoms with E-state index in [4.69, 9.17) is 9.40 Å². The number of nitrogens with zero attached hydrogens (tertiary/aromatic N) is 2. The average molecular weight is 685 g/mol. The van der Waals surface area contributed by atoms with E-state index in [0.717, 1.165) is 55.1 Å². The van der Waals surface area contributed by atoms with Crippen LogP contribution in [0.3, 0.4) is 0 Å². The summed E-state index contributed by atoms with van der Waals surface area (Å²) in [6.45, 7) is 4.77. The Morgan fingerprint density at radius 1 is 0.538 bits per heavy atom. The molecule has 246 valence electrons. The van der Waals surface area contributed by atoms with Crippen molar-refractivity contribution in [2.75, 3.05) is 4.90 Å². The van der Waals surface area contributed by atoms with Crippen molar-refractivity contribution in [1.82, 2.24) is 4.98 Å². The monoisotopic (exact) mass is 684 g/mol. The predicted octanol–water partition coefficient (Wildman–Crippen LogP) is 13.9. The molecule has 11 rings (SSSR count). The van der Waals surface area contributed by atoms with E-state index < -0.39 is 0 Å². The lowest BCUT2D eigenvalue weighted by Crippen LogP contribution is -2.15. The lowest BCUT2D eigenvalue weighted by Gasteiger charge is -2.26. The summed E-state index contributed by atoms with van der Waals surface area (Å²) in [4.78, 5) is 7.39. The summed E-state index contributed by atoms with van der Waals surface area (Å²) in [5.41, 5.74) is 12.6. The minimum absolute atomic E-state index is 0.156. The van der Waals surface area contributed by atoms with Gasteiger partial charge >= 0.3 is 0 Å². The molecule has 0 amide bonds. The van der Waals surface area contributed by atoms with E-state index in [9.17, 15) is 0 Å². The summed E-state index contributed by atoms with van der Waals surface area (Å²) < 4.78 is 7.44. The van der Waals surface area contributed by atoms with Crippen molar-refractivity contribution in [2.45, 2.75) is 19.3 Å². The molecule has 0 atom stereocenters. The summed E-state index contributed by atoms with van der Waals surface area (Å²) >= 11 is 1.79. The molecule has 8 aromatic carbocycles. The Morgan fingerprint density at radius 3 is 2.13 bits per heavy atom. The van der Waals surface area contributed by atoms with E-state index in [2.05, 4.69) is 164 Å². The van der Waals surface area contributed by atoms with Crippen molar-refractivity contribution >= 4 is 82.1 Å². The molecule has 3 nitrogen and oxygen atoms in total. The van der Waals surface area contributed by atoms with Crippen molar-refractivity contribution in [2.24, 2.45) is 0 Å². The Labute approximate surface area is 305 Å². The van der Waals surface area contributed by atoms with E-state index in [-0.39, 0.29) is 5.41 Å². The molecule has 0 fully saturated rings. The normalized spacial score (nSPS) is 13.3. The fraction of sp³-hybridized carbons (Fsp3) is 0.0625. The maximum atomic E-state index is 6.19. The minimum Gasteiger partial charge on any atom is -0.456 e. The number of hydrogen-bond donors (Lipinski definition) is 0. The van der Waals surface area contributed by atoms with E-state index in [1.807, 2.05) is 12.1 Å². The van der Waals surface area contributed by atoms with Gasteiger partial charge < -0.3 is 9.32 Å². The summed E-state index contributed by atoms with van der Waals surface area (Å²) in [5, 5.41) is 8.38. The SMILES string of the molecule is CC1(C)c2cc3ccc(N(c4ccccc4)c4ccc5oc6ccccc6c5c4)cc3cc2-c2ccc3c(ccc4nc(-c5ccccc5)sc43)c21. The summed E-state index contributed by atoms with van der Waals surface area (Å²) in [5.74, 6) is 0. The molecule has 1 aliphatic carbocycles. The van der Waals surface area contributed by atoms with E-state index in [1.54, 1.807) is 11.3 Å². The molecular formula is C48H32N2OS. The fourth-order valence-corrected chi connectivity index (χ4v) is 9.67. The number of aromatic nitrogens is 1. The molecule has 0 saturated carbocycles. The standard InChI is InChI=1S/C48H32N2OS/c1-48(2)41-27-30-17-18-33(50(32-13-7-4-8-14-32)34-19-24-44-40(28-34)35-15-9-10-16-43(35)51-44)25-31(30)26-39(41)37-20-21-38-36(45(37)48)22-23-42-46(38)52-47(49-42)29-11-5-3-6-12-29/h3-28H,1-2H3. The van der Waals surface area contributed by atoms with Gasteiger partial charge in [-0.1, -0.05) is 105 Å². The first kappa shape index (κ1) is 29.5. The lowest BCUT2D eigenvalue weighted by atomic mass is 9.80. The molecule has 0 spiro atoms. The first-order valence-electron chi connectivity index (χ1n) is 17.8. The summed E-state index contributed by atoms with van der Waals surface area (Å²) in [7, 11) is 0. The van der Waals surface area contributed by atoms with Crippen LogP contribution in [0.2, 0.25) is 0 Å². The van der Waals surface area contributed by atoms with Gasteiger partial charge in [0.05, 0.1) is 10.2 Å².